The van der Waals surface area contributed by atoms with Crippen LogP contribution < -0.4 is 5.32 Å². The third-order valence-electron chi connectivity index (χ3n) is 3.40. The molecule has 7 heteroatoms. The predicted octanol–water partition coefficient (Wildman–Crippen LogP) is 2.54. The molecule has 1 heterocycles. The molecule has 1 aliphatic rings. The first-order chi connectivity index (χ1) is 10.0. The zero-order valence-electron chi connectivity index (χ0n) is 11.2. The van der Waals surface area contributed by atoms with Crippen molar-refractivity contribution in [2.75, 3.05) is 18.4 Å². The van der Waals surface area contributed by atoms with Crippen LogP contribution in [0.15, 0.2) is 18.2 Å². The van der Waals surface area contributed by atoms with E-state index in [0.717, 1.165) is 0 Å². The van der Waals surface area contributed by atoms with Gasteiger partial charge in [-0.1, -0.05) is 11.6 Å². The maximum absolute atomic E-state index is 12.1. The number of carbonyl (C=O) groups excluding carboxylic acids is 1. The van der Waals surface area contributed by atoms with Crippen molar-refractivity contribution in [2.45, 2.75) is 12.8 Å². The summed E-state index contributed by atoms with van der Waals surface area (Å²) in [5, 5.41) is 20.7. The van der Waals surface area contributed by atoms with E-state index in [1.807, 2.05) is 6.07 Å². The Labute approximate surface area is 126 Å². The summed E-state index contributed by atoms with van der Waals surface area (Å²) < 4.78 is 0. The average molecular weight is 308 g/mol. The van der Waals surface area contributed by atoms with Crippen LogP contribution in [0.4, 0.5) is 10.5 Å². The molecule has 1 aromatic carbocycles. The van der Waals surface area contributed by atoms with Gasteiger partial charge in [-0.2, -0.15) is 5.26 Å². The second-order valence-corrected chi connectivity index (χ2v) is 5.27. The number of benzene rings is 1. The quantitative estimate of drug-likeness (QED) is 0.878. The van der Waals surface area contributed by atoms with Crippen LogP contribution in [0, 0.1) is 17.2 Å². The van der Waals surface area contributed by atoms with Crippen molar-refractivity contribution in [3.05, 3.63) is 28.8 Å². The van der Waals surface area contributed by atoms with Gasteiger partial charge >= 0.3 is 12.0 Å². The summed E-state index contributed by atoms with van der Waals surface area (Å²) in [6.45, 7) is 0.727. The molecule has 2 amide bonds. The molecule has 0 radical (unpaired) electrons. The van der Waals surface area contributed by atoms with Gasteiger partial charge in [-0.05, 0) is 31.0 Å². The van der Waals surface area contributed by atoms with E-state index in [-0.39, 0.29) is 17.6 Å². The lowest BCUT2D eigenvalue weighted by Gasteiger charge is -2.30. The van der Waals surface area contributed by atoms with Crippen LogP contribution in [-0.4, -0.2) is 35.1 Å². The van der Waals surface area contributed by atoms with Crippen LogP contribution in [0.3, 0.4) is 0 Å². The van der Waals surface area contributed by atoms with E-state index in [1.165, 1.54) is 17.0 Å². The number of hydrogen-bond donors (Lipinski definition) is 2. The minimum absolute atomic E-state index is 0.200. The number of carbonyl (C=O) groups is 2. The van der Waals surface area contributed by atoms with Gasteiger partial charge in [-0.3, -0.25) is 4.79 Å². The Kier molecular flexibility index (Phi) is 4.66. The predicted molar refractivity (Wildman–Crippen MR) is 77.1 cm³/mol. The molecule has 2 rings (SSSR count). The minimum Gasteiger partial charge on any atom is -0.481 e. The molecular weight excluding hydrogens is 294 g/mol. The van der Waals surface area contributed by atoms with Gasteiger partial charge in [0.2, 0.25) is 0 Å². The highest BCUT2D eigenvalue weighted by Gasteiger charge is 2.28. The molecule has 0 aliphatic carbocycles. The van der Waals surface area contributed by atoms with Crippen molar-refractivity contribution in [1.82, 2.24) is 4.90 Å². The monoisotopic (exact) mass is 307 g/mol. The number of aliphatic carboxylic acids is 1. The van der Waals surface area contributed by atoms with E-state index < -0.39 is 11.9 Å². The molecule has 1 aliphatic heterocycles. The molecule has 110 valence electrons. The summed E-state index contributed by atoms with van der Waals surface area (Å²) in [6.07, 6.45) is 1.25. The summed E-state index contributed by atoms with van der Waals surface area (Å²) >= 11 is 5.90. The number of amides is 2. The van der Waals surface area contributed by atoms with E-state index >= 15 is 0 Å². The molecule has 1 unspecified atom stereocenters. The van der Waals surface area contributed by atoms with Crippen molar-refractivity contribution < 1.29 is 14.7 Å². The van der Waals surface area contributed by atoms with Gasteiger partial charge in [-0.25, -0.2) is 4.79 Å². The number of carboxylic acid groups (broad SMARTS) is 1. The van der Waals surface area contributed by atoms with Crippen molar-refractivity contribution in [2.24, 2.45) is 5.92 Å². The van der Waals surface area contributed by atoms with Crippen molar-refractivity contribution in [3.8, 4) is 6.07 Å². The highest BCUT2D eigenvalue weighted by Crippen LogP contribution is 2.22. The van der Waals surface area contributed by atoms with E-state index in [4.69, 9.17) is 22.0 Å². The fourth-order valence-electron chi connectivity index (χ4n) is 2.25. The van der Waals surface area contributed by atoms with Crippen LogP contribution in [0.2, 0.25) is 5.02 Å². The molecule has 0 bridgehead atoms. The number of rotatable bonds is 2. The molecule has 6 nitrogen and oxygen atoms in total. The number of hydrogen-bond acceptors (Lipinski definition) is 3. The van der Waals surface area contributed by atoms with Gasteiger partial charge in [0, 0.05) is 18.8 Å². The van der Waals surface area contributed by atoms with Crippen molar-refractivity contribution >= 4 is 29.3 Å². The molecule has 2 N–H and O–H groups in total. The Morgan fingerprint density at radius 2 is 2.24 bits per heavy atom. The normalized spacial score (nSPS) is 17.9. The maximum Gasteiger partial charge on any atom is 0.321 e. The second kappa shape index (κ2) is 6.46. The third kappa shape index (κ3) is 3.64. The maximum atomic E-state index is 12.1. The summed E-state index contributed by atoms with van der Waals surface area (Å²) in [7, 11) is 0. The Morgan fingerprint density at radius 1 is 1.48 bits per heavy atom. The smallest absolute Gasteiger partial charge is 0.321 e. The van der Waals surface area contributed by atoms with Crippen LogP contribution in [0.25, 0.3) is 0 Å². The van der Waals surface area contributed by atoms with Gasteiger partial charge in [-0.15, -0.1) is 0 Å². The van der Waals surface area contributed by atoms with E-state index in [2.05, 4.69) is 5.32 Å². The highest BCUT2D eigenvalue weighted by atomic mass is 35.5. The van der Waals surface area contributed by atoms with Gasteiger partial charge in [0.15, 0.2) is 0 Å². The zero-order valence-corrected chi connectivity index (χ0v) is 11.9. The van der Waals surface area contributed by atoms with Gasteiger partial charge in [0.1, 0.15) is 6.07 Å². The number of nitriles is 1. The first-order valence-electron chi connectivity index (χ1n) is 6.49. The Morgan fingerprint density at radius 3 is 2.86 bits per heavy atom. The number of nitrogens with zero attached hydrogens (tertiary/aromatic N) is 2. The van der Waals surface area contributed by atoms with E-state index in [0.29, 0.717) is 30.6 Å². The average Bonchev–Trinajstić information content (AvgIpc) is 2.47. The number of nitrogens with one attached hydrogen (secondary N) is 1. The molecule has 1 atom stereocenters. The molecule has 1 aromatic rings. The molecule has 1 saturated heterocycles. The van der Waals surface area contributed by atoms with E-state index in [1.54, 1.807) is 6.07 Å². The molecule has 0 saturated carbocycles. The number of piperidine rings is 1. The number of urea groups is 1. The van der Waals surface area contributed by atoms with Crippen LogP contribution in [0.1, 0.15) is 18.4 Å². The first kappa shape index (κ1) is 15.1. The largest absolute Gasteiger partial charge is 0.481 e. The second-order valence-electron chi connectivity index (χ2n) is 4.86. The van der Waals surface area contributed by atoms with E-state index in [9.17, 15) is 9.59 Å². The number of halogens is 1. The van der Waals surface area contributed by atoms with Crippen LogP contribution in [-0.2, 0) is 4.79 Å². The fraction of sp³-hybridized carbons (Fsp3) is 0.357. The van der Waals surface area contributed by atoms with Crippen LogP contribution >= 0.6 is 11.6 Å². The minimum atomic E-state index is -0.881. The third-order valence-corrected chi connectivity index (χ3v) is 3.71. The Bertz CT molecular complexity index is 612. The summed E-state index contributed by atoms with van der Waals surface area (Å²) in [5.41, 5.74) is 0.806. The van der Waals surface area contributed by atoms with Gasteiger partial charge in [0.25, 0.3) is 0 Å². The van der Waals surface area contributed by atoms with Crippen molar-refractivity contribution in [3.63, 3.8) is 0 Å². The standard InChI is InChI=1S/C14H14ClN3O3/c15-12-6-11(4-3-9(12)7-16)17-14(21)18-5-1-2-10(8-18)13(19)20/h3-4,6,10H,1-2,5,8H2,(H,17,21)(H,19,20). The Balaban J connectivity index is 2.03. The molecular formula is C14H14ClN3O3. The lowest BCUT2D eigenvalue weighted by atomic mass is 9.99. The highest BCUT2D eigenvalue weighted by molar-refractivity contribution is 6.32. The molecule has 21 heavy (non-hydrogen) atoms. The summed E-state index contributed by atoms with van der Waals surface area (Å²) in [5.74, 6) is -1.40. The topological polar surface area (TPSA) is 93.4 Å². The lowest BCUT2D eigenvalue weighted by Crippen LogP contribution is -2.44. The molecule has 1 fully saturated rings. The zero-order chi connectivity index (χ0) is 15.4. The molecule has 0 aromatic heterocycles. The number of anilines is 1. The SMILES string of the molecule is N#Cc1ccc(NC(=O)N2CCCC(C(=O)O)C2)cc1Cl. The first-order valence-corrected chi connectivity index (χ1v) is 6.87. The lowest BCUT2D eigenvalue weighted by molar-refractivity contribution is -0.143. The number of likely N-dealkylation sites (tertiary alicyclic amines) is 1. The van der Waals surface area contributed by atoms with Crippen molar-refractivity contribution in [1.29, 1.82) is 5.26 Å². The molecule has 0 spiro atoms. The van der Waals surface area contributed by atoms with Gasteiger partial charge in [0.05, 0.1) is 16.5 Å². The fourth-order valence-corrected chi connectivity index (χ4v) is 2.47. The Hall–Kier alpha value is -2.26. The van der Waals surface area contributed by atoms with Crippen LogP contribution in [0.5, 0.6) is 0 Å². The summed E-state index contributed by atoms with van der Waals surface area (Å²) in [4.78, 5) is 24.6. The number of carboxylic acids is 1. The van der Waals surface area contributed by atoms with Gasteiger partial charge < -0.3 is 15.3 Å². The summed E-state index contributed by atoms with van der Waals surface area (Å²) in [6, 6.07) is 6.18.